The molecule has 0 spiro atoms. The Morgan fingerprint density at radius 3 is 2.33 bits per heavy atom. The largest absolute Gasteiger partial charge is 0.274 e. The Hall–Kier alpha value is -1.07. The van der Waals surface area contributed by atoms with Crippen LogP contribution in [0, 0.1) is 0 Å². The van der Waals surface area contributed by atoms with E-state index < -0.39 is 15.9 Å². The molecule has 1 aromatic rings. The standard InChI is InChI=1S/C9H10ClNO3S/c1-15(13,14)11-9(12)6-7-2-4-8(10)5-3-7/h2-5H,6H2,1H3,(H,11,12). The first-order valence-corrected chi connectivity index (χ1v) is 6.39. The maximum atomic E-state index is 11.2. The van der Waals surface area contributed by atoms with Crippen LogP contribution < -0.4 is 4.72 Å². The van der Waals surface area contributed by atoms with E-state index in [0.717, 1.165) is 6.26 Å². The lowest BCUT2D eigenvalue weighted by Gasteiger charge is -2.02. The highest BCUT2D eigenvalue weighted by Crippen LogP contribution is 2.09. The number of benzene rings is 1. The van der Waals surface area contributed by atoms with Crippen molar-refractivity contribution < 1.29 is 13.2 Å². The zero-order chi connectivity index (χ0) is 11.5. The molecule has 15 heavy (non-hydrogen) atoms. The van der Waals surface area contributed by atoms with Gasteiger partial charge in [0.2, 0.25) is 15.9 Å². The monoisotopic (exact) mass is 247 g/mol. The maximum absolute atomic E-state index is 11.2. The predicted octanol–water partition coefficient (Wildman–Crippen LogP) is 0.958. The molecule has 0 aliphatic rings. The predicted molar refractivity (Wildman–Crippen MR) is 58.1 cm³/mol. The van der Waals surface area contributed by atoms with Crippen molar-refractivity contribution in [2.24, 2.45) is 0 Å². The van der Waals surface area contributed by atoms with Crippen LogP contribution in [0.4, 0.5) is 0 Å². The van der Waals surface area contributed by atoms with Crippen molar-refractivity contribution in [3.05, 3.63) is 34.9 Å². The molecule has 1 amide bonds. The summed E-state index contributed by atoms with van der Waals surface area (Å²) in [5, 5.41) is 0.572. The Morgan fingerprint density at radius 1 is 1.33 bits per heavy atom. The van der Waals surface area contributed by atoms with Crippen LogP contribution in [0.2, 0.25) is 5.02 Å². The van der Waals surface area contributed by atoms with E-state index in [-0.39, 0.29) is 6.42 Å². The number of halogens is 1. The topological polar surface area (TPSA) is 63.2 Å². The van der Waals surface area contributed by atoms with E-state index in [4.69, 9.17) is 11.6 Å². The Morgan fingerprint density at radius 2 is 1.87 bits per heavy atom. The first-order chi connectivity index (χ1) is 6.87. The van der Waals surface area contributed by atoms with Crippen LogP contribution in [0.5, 0.6) is 0 Å². The van der Waals surface area contributed by atoms with Crippen LogP contribution in [-0.2, 0) is 21.2 Å². The Kier molecular flexibility index (Phi) is 3.71. The number of rotatable bonds is 3. The number of carbonyl (C=O) groups excluding carboxylic acids is 1. The number of carbonyl (C=O) groups is 1. The van der Waals surface area contributed by atoms with Gasteiger partial charge in [-0.05, 0) is 17.7 Å². The molecule has 0 heterocycles. The van der Waals surface area contributed by atoms with E-state index >= 15 is 0 Å². The van der Waals surface area contributed by atoms with Crippen LogP contribution in [0.15, 0.2) is 24.3 Å². The van der Waals surface area contributed by atoms with Gasteiger partial charge in [0.15, 0.2) is 0 Å². The Balaban J connectivity index is 2.63. The van der Waals surface area contributed by atoms with Crippen molar-refractivity contribution in [3.8, 4) is 0 Å². The summed E-state index contributed by atoms with van der Waals surface area (Å²) < 4.78 is 23.3. The number of hydrogen-bond donors (Lipinski definition) is 1. The third kappa shape index (κ3) is 4.80. The SMILES string of the molecule is CS(=O)(=O)NC(=O)Cc1ccc(Cl)cc1. The molecule has 1 rings (SSSR count). The first kappa shape index (κ1) is 12.0. The van der Waals surface area contributed by atoms with E-state index in [9.17, 15) is 13.2 Å². The molecule has 1 N–H and O–H groups in total. The minimum atomic E-state index is -3.48. The Labute approximate surface area is 93.3 Å². The molecule has 0 atom stereocenters. The second-order valence-electron chi connectivity index (χ2n) is 3.10. The molecule has 1 aromatic carbocycles. The number of nitrogens with one attached hydrogen (secondary N) is 1. The number of amides is 1. The van der Waals surface area contributed by atoms with Gasteiger partial charge in [-0.1, -0.05) is 23.7 Å². The van der Waals surface area contributed by atoms with E-state index in [1.807, 2.05) is 4.72 Å². The third-order valence-electron chi connectivity index (χ3n) is 1.58. The van der Waals surface area contributed by atoms with Gasteiger partial charge in [0.25, 0.3) is 0 Å². The van der Waals surface area contributed by atoms with Gasteiger partial charge >= 0.3 is 0 Å². The summed E-state index contributed by atoms with van der Waals surface area (Å²) in [6.07, 6.45) is 0.955. The molecule has 0 aliphatic carbocycles. The van der Waals surface area contributed by atoms with E-state index in [1.54, 1.807) is 24.3 Å². The van der Waals surface area contributed by atoms with Gasteiger partial charge in [0, 0.05) is 5.02 Å². The minimum absolute atomic E-state index is 0.0181. The Bertz CT molecular complexity index is 453. The molecule has 0 saturated carbocycles. The average molecular weight is 248 g/mol. The zero-order valence-electron chi connectivity index (χ0n) is 8.03. The van der Waals surface area contributed by atoms with Gasteiger partial charge < -0.3 is 0 Å². The van der Waals surface area contributed by atoms with Crippen molar-refractivity contribution in [3.63, 3.8) is 0 Å². The second-order valence-corrected chi connectivity index (χ2v) is 5.29. The van der Waals surface area contributed by atoms with E-state index in [0.29, 0.717) is 10.6 Å². The lowest BCUT2D eigenvalue weighted by molar-refractivity contribution is -0.118. The minimum Gasteiger partial charge on any atom is -0.274 e. The normalized spacial score (nSPS) is 11.1. The van der Waals surface area contributed by atoms with Gasteiger partial charge in [0.05, 0.1) is 12.7 Å². The molecule has 0 aliphatic heterocycles. The molecule has 0 bridgehead atoms. The van der Waals surface area contributed by atoms with E-state index in [2.05, 4.69) is 0 Å². The van der Waals surface area contributed by atoms with Crippen molar-refractivity contribution >= 4 is 27.5 Å². The number of hydrogen-bond acceptors (Lipinski definition) is 3. The molecular formula is C9H10ClNO3S. The summed E-state index contributed by atoms with van der Waals surface area (Å²) in [7, 11) is -3.48. The highest BCUT2D eigenvalue weighted by Gasteiger charge is 2.08. The lowest BCUT2D eigenvalue weighted by atomic mass is 10.1. The third-order valence-corrected chi connectivity index (χ3v) is 2.43. The van der Waals surface area contributed by atoms with Crippen molar-refractivity contribution in [2.45, 2.75) is 6.42 Å². The average Bonchev–Trinajstić information content (AvgIpc) is 2.05. The molecular weight excluding hydrogens is 238 g/mol. The summed E-state index contributed by atoms with van der Waals surface area (Å²) in [6.45, 7) is 0. The van der Waals surface area contributed by atoms with E-state index in [1.165, 1.54) is 0 Å². The van der Waals surface area contributed by atoms with Crippen molar-refractivity contribution in [1.29, 1.82) is 0 Å². The second kappa shape index (κ2) is 4.63. The molecule has 6 heteroatoms. The van der Waals surface area contributed by atoms with Crippen LogP contribution in [0.25, 0.3) is 0 Å². The van der Waals surface area contributed by atoms with Crippen molar-refractivity contribution in [1.82, 2.24) is 4.72 Å². The fraction of sp³-hybridized carbons (Fsp3) is 0.222. The van der Waals surface area contributed by atoms with Gasteiger partial charge in [-0.2, -0.15) is 0 Å². The maximum Gasteiger partial charge on any atom is 0.237 e. The van der Waals surface area contributed by atoms with Gasteiger partial charge in [-0.25, -0.2) is 8.42 Å². The molecule has 4 nitrogen and oxygen atoms in total. The summed E-state index contributed by atoms with van der Waals surface area (Å²) >= 11 is 5.66. The van der Waals surface area contributed by atoms with Crippen molar-refractivity contribution in [2.75, 3.05) is 6.26 Å². The van der Waals surface area contributed by atoms with Crippen LogP contribution in [-0.4, -0.2) is 20.6 Å². The van der Waals surface area contributed by atoms with Gasteiger partial charge in [-0.3, -0.25) is 9.52 Å². The van der Waals surface area contributed by atoms with Crippen LogP contribution in [0.3, 0.4) is 0 Å². The fourth-order valence-electron chi connectivity index (χ4n) is 1.03. The summed E-state index contributed by atoms with van der Waals surface area (Å²) in [5.41, 5.74) is 0.709. The summed E-state index contributed by atoms with van der Waals surface area (Å²) in [4.78, 5) is 11.2. The molecule has 0 unspecified atom stereocenters. The molecule has 0 radical (unpaired) electrons. The highest BCUT2D eigenvalue weighted by molar-refractivity contribution is 7.89. The summed E-state index contributed by atoms with van der Waals surface area (Å²) in [6, 6.07) is 6.63. The highest BCUT2D eigenvalue weighted by atomic mass is 35.5. The molecule has 0 fully saturated rings. The first-order valence-electron chi connectivity index (χ1n) is 4.12. The van der Waals surface area contributed by atoms with Crippen LogP contribution >= 0.6 is 11.6 Å². The zero-order valence-corrected chi connectivity index (χ0v) is 9.60. The van der Waals surface area contributed by atoms with Gasteiger partial charge in [-0.15, -0.1) is 0 Å². The summed E-state index contributed by atoms with van der Waals surface area (Å²) in [5.74, 6) is -0.556. The number of sulfonamides is 1. The smallest absolute Gasteiger partial charge is 0.237 e. The quantitative estimate of drug-likeness (QED) is 0.865. The van der Waals surface area contributed by atoms with Crippen LogP contribution in [0.1, 0.15) is 5.56 Å². The molecule has 0 aromatic heterocycles. The molecule has 0 saturated heterocycles. The molecule has 82 valence electrons. The lowest BCUT2D eigenvalue weighted by Crippen LogP contribution is -2.30. The fourth-order valence-corrected chi connectivity index (χ4v) is 1.64. The van der Waals surface area contributed by atoms with Gasteiger partial charge in [0.1, 0.15) is 0 Å².